The van der Waals surface area contributed by atoms with Crippen LogP contribution in [0.25, 0.3) is 0 Å². The van der Waals surface area contributed by atoms with E-state index in [9.17, 15) is 22.4 Å². The molecule has 0 bridgehead atoms. The first-order valence-electron chi connectivity index (χ1n) is 13.7. The average Bonchev–Trinajstić information content (AvgIpc) is 2.95. The van der Waals surface area contributed by atoms with E-state index in [2.05, 4.69) is 5.32 Å². The lowest BCUT2D eigenvalue weighted by Crippen LogP contribution is -2.55. The summed E-state index contributed by atoms with van der Waals surface area (Å²) in [6, 6.07) is 20.5. The summed E-state index contributed by atoms with van der Waals surface area (Å²) in [6.07, 6.45) is 6.07. The van der Waals surface area contributed by atoms with E-state index in [1.165, 1.54) is 23.1 Å². The van der Waals surface area contributed by atoms with Crippen LogP contribution in [0.15, 0.2) is 78.9 Å². The number of benzene rings is 3. The number of nitrogens with one attached hydrogen (secondary N) is 1. The van der Waals surface area contributed by atoms with Crippen molar-refractivity contribution in [3.05, 3.63) is 101 Å². The normalized spacial score (nSPS) is 14.7. The molecular formula is C31H35ClFN3O4S. The highest BCUT2D eigenvalue weighted by molar-refractivity contribution is 7.92. The van der Waals surface area contributed by atoms with Gasteiger partial charge >= 0.3 is 0 Å². The largest absolute Gasteiger partial charge is 0.352 e. The molecule has 0 saturated heterocycles. The fourth-order valence-corrected chi connectivity index (χ4v) is 6.19. The molecule has 2 amide bonds. The third kappa shape index (κ3) is 8.53. The zero-order valence-corrected chi connectivity index (χ0v) is 24.6. The minimum Gasteiger partial charge on any atom is -0.352 e. The van der Waals surface area contributed by atoms with Gasteiger partial charge in [-0.05, 0) is 48.2 Å². The van der Waals surface area contributed by atoms with Gasteiger partial charge in [0.2, 0.25) is 21.8 Å². The van der Waals surface area contributed by atoms with Crippen molar-refractivity contribution < 1.29 is 22.4 Å². The molecule has 0 radical (unpaired) electrons. The zero-order chi connectivity index (χ0) is 29.4. The van der Waals surface area contributed by atoms with Crippen molar-refractivity contribution in [2.24, 2.45) is 0 Å². The number of nitrogens with zero attached hydrogens (tertiary/aromatic N) is 2. The van der Waals surface area contributed by atoms with Crippen molar-refractivity contribution in [1.29, 1.82) is 0 Å². The van der Waals surface area contributed by atoms with Gasteiger partial charge in [-0.1, -0.05) is 85.5 Å². The van der Waals surface area contributed by atoms with Crippen LogP contribution in [0.2, 0.25) is 5.02 Å². The van der Waals surface area contributed by atoms with Crippen molar-refractivity contribution in [2.45, 2.75) is 57.2 Å². The summed E-state index contributed by atoms with van der Waals surface area (Å²) < 4.78 is 40.5. The summed E-state index contributed by atoms with van der Waals surface area (Å²) in [5, 5.41) is 3.57. The van der Waals surface area contributed by atoms with E-state index < -0.39 is 34.3 Å². The molecule has 10 heteroatoms. The minimum absolute atomic E-state index is 0.00611. The van der Waals surface area contributed by atoms with Crippen LogP contribution in [0, 0.1) is 5.82 Å². The van der Waals surface area contributed by atoms with E-state index in [0.29, 0.717) is 10.6 Å². The molecule has 1 aliphatic rings. The third-order valence-electron chi connectivity index (χ3n) is 7.30. The van der Waals surface area contributed by atoms with Gasteiger partial charge in [0.15, 0.2) is 0 Å². The van der Waals surface area contributed by atoms with Crippen LogP contribution in [0.1, 0.15) is 43.2 Å². The predicted molar refractivity (Wildman–Crippen MR) is 160 cm³/mol. The predicted octanol–water partition coefficient (Wildman–Crippen LogP) is 5.33. The van der Waals surface area contributed by atoms with E-state index in [4.69, 9.17) is 11.6 Å². The first kappa shape index (κ1) is 30.5. The smallest absolute Gasteiger partial charge is 0.244 e. The number of halogens is 2. The second-order valence-electron chi connectivity index (χ2n) is 10.4. The molecule has 41 heavy (non-hydrogen) atoms. The highest BCUT2D eigenvalue weighted by Gasteiger charge is 2.34. The molecule has 0 heterocycles. The summed E-state index contributed by atoms with van der Waals surface area (Å²) in [5.41, 5.74) is 1.48. The van der Waals surface area contributed by atoms with Crippen molar-refractivity contribution >= 4 is 39.1 Å². The van der Waals surface area contributed by atoms with Gasteiger partial charge in [0, 0.05) is 24.0 Å². The molecule has 1 N–H and O–H groups in total. The second kappa shape index (κ2) is 14.0. The van der Waals surface area contributed by atoms with E-state index in [1.807, 2.05) is 30.3 Å². The lowest BCUT2D eigenvalue weighted by atomic mass is 9.94. The van der Waals surface area contributed by atoms with Crippen LogP contribution >= 0.6 is 11.6 Å². The summed E-state index contributed by atoms with van der Waals surface area (Å²) >= 11 is 6.48. The molecule has 4 rings (SSSR count). The Balaban J connectivity index is 1.73. The number of carbonyl (C=O) groups is 2. The maximum atomic E-state index is 14.1. The van der Waals surface area contributed by atoms with Gasteiger partial charge in [0.1, 0.15) is 18.4 Å². The van der Waals surface area contributed by atoms with Gasteiger partial charge in [-0.3, -0.25) is 13.9 Å². The molecule has 3 aromatic rings. The molecular weight excluding hydrogens is 565 g/mol. The molecule has 0 spiro atoms. The number of anilines is 1. The van der Waals surface area contributed by atoms with Crippen LogP contribution in [-0.2, 0) is 32.6 Å². The van der Waals surface area contributed by atoms with Crippen LogP contribution in [0.5, 0.6) is 0 Å². The Morgan fingerprint density at radius 3 is 2.32 bits per heavy atom. The standard InChI is InChI=1S/C31H35ClFN3O4S/c1-41(39,40)36(27-17-10-14-25(33)20-27)22-30(37)35(21-24-13-8-9-18-28(24)32)29(19-23-11-4-2-5-12-23)31(38)34-26-15-6-3-7-16-26/h2,4-5,8-14,17-18,20,26,29H,3,6-7,15-16,19,21-22H2,1H3,(H,34,38)/t29-/m0/s1. The zero-order valence-electron chi connectivity index (χ0n) is 23.0. The molecule has 1 saturated carbocycles. The molecule has 0 aliphatic heterocycles. The Morgan fingerprint density at radius 1 is 0.976 bits per heavy atom. The van der Waals surface area contributed by atoms with Gasteiger partial charge in [-0.2, -0.15) is 0 Å². The first-order valence-corrected chi connectivity index (χ1v) is 15.9. The number of carbonyl (C=O) groups excluding carboxylic acids is 2. The van der Waals surface area contributed by atoms with E-state index in [-0.39, 0.29) is 30.6 Å². The lowest BCUT2D eigenvalue weighted by molar-refractivity contribution is -0.140. The van der Waals surface area contributed by atoms with E-state index >= 15 is 0 Å². The number of rotatable bonds is 11. The van der Waals surface area contributed by atoms with Gasteiger partial charge in [0.05, 0.1) is 11.9 Å². The maximum Gasteiger partial charge on any atom is 0.244 e. The van der Waals surface area contributed by atoms with Crippen LogP contribution in [0.4, 0.5) is 10.1 Å². The molecule has 0 aromatic heterocycles. The topological polar surface area (TPSA) is 86.8 Å². The molecule has 1 aliphatic carbocycles. The molecule has 7 nitrogen and oxygen atoms in total. The summed E-state index contributed by atoms with van der Waals surface area (Å²) in [5.74, 6) is -1.55. The third-order valence-corrected chi connectivity index (χ3v) is 8.81. The minimum atomic E-state index is -3.98. The molecule has 218 valence electrons. The number of sulfonamides is 1. The van der Waals surface area contributed by atoms with E-state index in [0.717, 1.165) is 54.3 Å². The van der Waals surface area contributed by atoms with Crippen molar-refractivity contribution in [3.63, 3.8) is 0 Å². The van der Waals surface area contributed by atoms with Crippen LogP contribution < -0.4 is 9.62 Å². The first-order chi connectivity index (χ1) is 19.6. The fourth-order valence-electron chi connectivity index (χ4n) is 5.15. The Morgan fingerprint density at radius 2 is 1.66 bits per heavy atom. The monoisotopic (exact) mass is 599 g/mol. The quantitative estimate of drug-likeness (QED) is 0.323. The van der Waals surface area contributed by atoms with Gasteiger partial charge in [-0.25, -0.2) is 12.8 Å². The molecule has 1 fully saturated rings. The second-order valence-corrected chi connectivity index (χ2v) is 12.7. The summed E-state index contributed by atoms with van der Waals surface area (Å²) in [7, 11) is -3.98. The van der Waals surface area contributed by atoms with Crippen molar-refractivity contribution in [2.75, 3.05) is 17.1 Å². The Labute approximate surface area is 246 Å². The van der Waals surface area contributed by atoms with Crippen LogP contribution in [0.3, 0.4) is 0 Å². The van der Waals surface area contributed by atoms with Gasteiger partial charge in [-0.15, -0.1) is 0 Å². The highest BCUT2D eigenvalue weighted by Crippen LogP contribution is 2.24. The van der Waals surface area contributed by atoms with Crippen molar-refractivity contribution in [3.8, 4) is 0 Å². The van der Waals surface area contributed by atoms with Gasteiger partial charge < -0.3 is 10.2 Å². The maximum absolute atomic E-state index is 14.1. The molecule has 3 aromatic carbocycles. The number of hydrogen-bond donors (Lipinski definition) is 1. The number of hydrogen-bond acceptors (Lipinski definition) is 4. The summed E-state index contributed by atoms with van der Waals surface area (Å²) in [6.45, 7) is -0.635. The summed E-state index contributed by atoms with van der Waals surface area (Å²) in [4.78, 5) is 29.4. The molecule has 1 atom stereocenters. The fraction of sp³-hybridized carbons (Fsp3) is 0.355. The Hall–Kier alpha value is -3.43. The van der Waals surface area contributed by atoms with E-state index in [1.54, 1.807) is 24.3 Å². The Kier molecular flexibility index (Phi) is 10.4. The lowest BCUT2D eigenvalue weighted by Gasteiger charge is -2.35. The Bertz CT molecular complexity index is 1450. The molecule has 0 unspecified atom stereocenters. The van der Waals surface area contributed by atoms with Gasteiger partial charge in [0.25, 0.3) is 0 Å². The number of amides is 2. The average molecular weight is 600 g/mol. The SMILES string of the molecule is CS(=O)(=O)N(CC(=O)N(Cc1ccccc1Cl)[C@@H](Cc1ccccc1)C(=O)NC1CCCCC1)c1cccc(F)c1. The highest BCUT2D eigenvalue weighted by atomic mass is 35.5. The van der Waals surface area contributed by atoms with Crippen LogP contribution in [-0.4, -0.2) is 50.0 Å². The van der Waals surface area contributed by atoms with Crippen molar-refractivity contribution in [1.82, 2.24) is 10.2 Å².